The number of thiazole rings is 1. The number of nitrogens with zero attached hydrogens (tertiary/aromatic N) is 3. The summed E-state index contributed by atoms with van der Waals surface area (Å²) in [6.45, 7) is 0. The molecule has 10 nitrogen and oxygen atoms in total. The number of hydrogen-bond acceptors (Lipinski definition) is 10. The summed E-state index contributed by atoms with van der Waals surface area (Å²) < 4.78 is 6.00. The Morgan fingerprint density at radius 2 is 1.82 bits per heavy atom. The second kappa shape index (κ2) is 11.6. The maximum atomic E-state index is 13.6. The molecule has 2 aliphatic heterocycles. The van der Waals surface area contributed by atoms with Crippen LogP contribution >= 0.6 is 23.1 Å². The molecule has 3 heterocycles. The van der Waals surface area contributed by atoms with Crippen molar-refractivity contribution in [3.63, 3.8) is 0 Å². The number of terminal acetylenes is 1. The summed E-state index contributed by atoms with van der Waals surface area (Å²) in [6.07, 6.45) is 5.01. The van der Waals surface area contributed by atoms with E-state index in [2.05, 4.69) is 21.4 Å². The summed E-state index contributed by atoms with van der Waals surface area (Å²) in [7, 11) is 1.29. The Morgan fingerprint density at radius 3 is 2.38 bits per heavy atom. The minimum atomic E-state index is -0.934. The summed E-state index contributed by atoms with van der Waals surface area (Å²) in [5, 5.41) is 7.67. The van der Waals surface area contributed by atoms with Crippen molar-refractivity contribution >= 4 is 51.7 Å². The van der Waals surface area contributed by atoms with Crippen LogP contribution in [-0.4, -0.2) is 57.7 Å². The van der Waals surface area contributed by atoms with Gasteiger partial charge in [-0.2, -0.15) is 0 Å². The van der Waals surface area contributed by atoms with Gasteiger partial charge in [0.05, 0.1) is 0 Å². The Morgan fingerprint density at radius 1 is 1.18 bits per heavy atom. The molecule has 2 amide bonds. The van der Waals surface area contributed by atoms with Gasteiger partial charge in [-0.1, -0.05) is 71.7 Å². The zero-order chi connectivity index (χ0) is 28.2. The number of thioether (sulfide) groups is 1. The molecule has 1 aromatic heterocycles. The van der Waals surface area contributed by atoms with Gasteiger partial charge >= 0.3 is 5.97 Å². The first-order valence-corrected chi connectivity index (χ1v) is 13.9. The number of amides is 2. The number of nitrogens with one attached hydrogen (secondary N) is 1. The molecule has 0 bridgehead atoms. The third-order valence-corrected chi connectivity index (χ3v) is 8.17. The largest absolute Gasteiger partial charge is 0.448 e. The molecule has 0 radical (unpaired) electrons. The number of hydrogen-bond donors (Lipinski definition) is 2. The predicted octanol–water partition coefficient (Wildman–Crippen LogP) is 2.70. The molecule has 5 rings (SSSR count). The van der Waals surface area contributed by atoms with Crippen LogP contribution in [0, 0.1) is 12.3 Å². The van der Waals surface area contributed by atoms with Crippen LogP contribution in [0.3, 0.4) is 0 Å². The Kier molecular flexibility index (Phi) is 7.86. The third kappa shape index (κ3) is 5.16. The highest BCUT2D eigenvalue weighted by molar-refractivity contribution is 8.00. The highest BCUT2D eigenvalue weighted by Gasteiger charge is 2.55. The molecule has 1 unspecified atom stereocenters. The van der Waals surface area contributed by atoms with E-state index in [1.807, 2.05) is 60.7 Å². The fourth-order valence-corrected chi connectivity index (χ4v) is 6.21. The Bertz CT molecular complexity index is 1510. The maximum absolute atomic E-state index is 13.6. The van der Waals surface area contributed by atoms with Crippen molar-refractivity contribution in [1.29, 1.82) is 0 Å². The maximum Gasteiger partial charge on any atom is 0.357 e. The lowest BCUT2D eigenvalue weighted by Crippen LogP contribution is -2.71. The van der Waals surface area contributed by atoms with Gasteiger partial charge in [0.15, 0.2) is 16.9 Å². The topological polar surface area (TPSA) is 136 Å². The highest BCUT2D eigenvalue weighted by Crippen LogP contribution is 2.41. The smallest absolute Gasteiger partial charge is 0.357 e. The van der Waals surface area contributed by atoms with E-state index >= 15 is 0 Å². The Balaban J connectivity index is 1.38. The van der Waals surface area contributed by atoms with Gasteiger partial charge in [0.1, 0.15) is 29.9 Å². The molecule has 0 spiro atoms. The number of carbonyl (C=O) groups excluding carboxylic acids is 3. The van der Waals surface area contributed by atoms with Crippen molar-refractivity contribution in [2.45, 2.75) is 17.5 Å². The summed E-state index contributed by atoms with van der Waals surface area (Å²) in [6, 6.07) is 17.6. The number of ether oxygens (including phenoxy) is 1. The lowest BCUT2D eigenvalue weighted by Gasteiger charge is -2.49. The zero-order valence-corrected chi connectivity index (χ0v) is 22.8. The molecule has 0 saturated carbocycles. The van der Waals surface area contributed by atoms with E-state index in [9.17, 15) is 14.4 Å². The van der Waals surface area contributed by atoms with Crippen molar-refractivity contribution in [3.05, 3.63) is 94.1 Å². The van der Waals surface area contributed by atoms with E-state index in [1.165, 1.54) is 23.8 Å². The number of nitrogens with two attached hydrogens (primary N) is 1. The molecular weight excluding hydrogens is 550 g/mol. The van der Waals surface area contributed by atoms with Crippen molar-refractivity contribution in [2.24, 2.45) is 5.16 Å². The summed E-state index contributed by atoms with van der Waals surface area (Å²) in [4.78, 5) is 50.2. The summed E-state index contributed by atoms with van der Waals surface area (Å²) >= 11 is 2.47. The van der Waals surface area contributed by atoms with E-state index in [0.29, 0.717) is 5.57 Å². The molecular formula is C28H23N5O5S2. The molecule has 0 aliphatic carbocycles. The Labute approximate surface area is 238 Å². The van der Waals surface area contributed by atoms with Gasteiger partial charge < -0.3 is 20.6 Å². The first-order chi connectivity index (χ1) is 19.4. The lowest BCUT2D eigenvalue weighted by molar-refractivity contribution is -0.154. The monoisotopic (exact) mass is 573 g/mol. The molecule has 2 aromatic carbocycles. The number of carbonyl (C=O) groups is 3. The molecule has 202 valence electrons. The van der Waals surface area contributed by atoms with Gasteiger partial charge in [-0.3, -0.25) is 14.5 Å². The predicted molar refractivity (Wildman–Crippen MR) is 152 cm³/mol. The number of anilines is 1. The van der Waals surface area contributed by atoms with Crippen LogP contribution in [0.4, 0.5) is 5.13 Å². The second-order valence-electron chi connectivity index (χ2n) is 8.63. The van der Waals surface area contributed by atoms with Crippen LogP contribution in [0.5, 0.6) is 0 Å². The number of rotatable bonds is 8. The Hall–Kier alpha value is -4.60. The number of β-lactam (4-membered cyclic amide) rings is 1. The molecule has 3 N–H and O–H groups in total. The number of oxime groups is 1. The van der Waals surface area contributed by atoms with Crippen LogP contribution in [-0.2, 0) is 24.0 Å². The quantitative estimate of drug-likeness (QED) is 0.138. The van der Waals surface area contributed by atoms with Gasteiger partial charge in [-0.15, -0.1) is 29.5 Å². The van der Waals surface area contributed by atoms with Crippen molar-refractivity contribution < 1.29 is 24.0 Å². The van der Waals surface area contributed by atoms with Crippen molar-refractivity contribution in [2.75, 3.05) is 18.6 Å². The standard InChI is InChI=1S/C28H23N5O5S2/c1-3-16-14-39-26-21(31-24(34)20(32-37-2)19-15-40-28(29)30-19)25(35)33(26)22(16)27(36)38-23(17-10-6-4-7-11-17)18-12-8-5-9-13-18/h1,4-13,15,21,23,26H,14H2,2H3,(H2,29,30)(H,31,34)/b32-20+/t21?,26-/m1/s1. The van der Waals surface area contributed by atoms with Crippen LogP contribution in [0.25, 0.3) is 0 Å². The highest BCUT2D eigenvalue weighted by atomic mass is 32.2. The number of nitrogen functional groups attached to an aromatic ring is 1. The normalized spacial score (nSPS) is 18.5. The first kappa shape index (κ1) is 27.0. The molecule has 3 aromatic rings. The lowest BCUT2D eigenvalue weighted by atomic mass is 10.0. The number of fused-ring (bicyclic) bond motifs is 1. The third-order valence-electron chi connectivity index (χ3n) is 6.21. The van der Waals surface area contributed by atoms with Gasteiger partial charge in [-0.25, -0.2) is 9.78 Å². The fraction of sp³-hybridized carbons (Fsp3) is 0.179. The van der Waals surface area contributed by atoms with Gasteiger partial charge in [0, 0.05) is 16.7 Å². The minimum Gasteiger partial charge on any atom is -0.448 e. The van der Waals surface area contributed by atoms with E-state index in [-0.39, 0.29) is 28.0 Å². The fourth-order valence-electron chi connectivity index (χ4n) is 4.37. The summed E-state index contributed by atoms with van der Waals surface area (Å²) in [5.41, 5.74) is 7.64. The molecule has 1 saturated heterocycles. The van der Waals surface area contributed by atoms with Crippen molar-refractivity contribution in [3.8, 4) is 12.3 Å². The van der Waals surface area contributed by atoms with E-state index < -0.39 is 35.3 Å². The van der Waals surface area contributed by atoms with Crippen molar-refractivity contribution in [1.82, 2.24) is 15.2 Å². The van der Waals surface area contributed by atoms with E-state index in [4.69, 9.17) is 21.7 Å². The average Bonchev–Trinajstić information content (AvgIpc) is 3.42. The summed E-state index contributed by atoms with van der Waals surface area (Å²) in [5.74, 6) is 0.909. The average molecular weight is 574 g/mol. The van der Waals surface area contributed by atoms with Gasteiger partial charge in [0.2, 0.25) is 0 Å². The number of aromatic nitrogens is 1. The first-order valence-electron chi connectivity index (χ1n) is 12.0. The van der Waals surface area contributed by atoms with Crippen LogP contribution < -0.4 is 11.1 Å². The van der Waals surface area contributed by atoms with Crippen LogP contribution in [0.15, 0.2) is 82.5 Å². The van der Waals surface area contributed by atoms with E-state index in [1.54, 1.807) is 5.38 Å². The molecule has 2 atom stereocenters. The number of esters is 1. The minimum absolute atomic E-state index is 0.00309. The van der Waals surface area contributed by atoms with Crippen LogP contribution in [0.1, 0.15) is 22.9 Å². The van der Waals surface area contributed by atoms with Gasteiger partial charge in [0.25, 0.3) is 11.8 Å². The molecule has 40 heavy (non-hydrogen) atoms. The molecule has 2 aliphatic rings. The molecule has 12 heteroatoms. The van der Waals surface area contributed by atoms with Gasteiger partial charge in [-0.05, 0) is 11.1 Å². The SMILES string of the molecule is C#CC1=C(C(=O)OC(c2ccccc2)c2ccccc2)N2C(=O)C(NC(=O)/C(=N/OC)c3csc(N)n3)[C@H]2SC1. The second-order valence-corrected chi connectivity index (χ2v) is 10.6. The van der Waals surface area contributed by atoms with Crippen LogP contribution in [0.2, 0.25) is 0 Å². The van der Waals surface area contributed by atoms with E-state index in [0.717, 1.165) is 22.5 Å². The zero-order valence-electron chi connectivity index (χ0n) is 21.1. The number of benzene rings is 2. The molecule has 1 fully saturated rings.